The SMILES string of the molecule is COCCNC(=S)N/N=C\c1ccc(OCc2ccc(F)cc2)c(OC)c1. The molecule has 0 saturated carbocycles. The predicted octanol–water partition coefficient (Wildman–Crippen LogP) is 2.86. The van der Waals surface area contributed by atoms with Crippen molar-refractivity contribution in [3.8, 4) is 11.5 Å². The van der Waals surface area contributed by atoms with E-state index in [-0.39, 0.29) is 5.82 Å². The molecule has 0 saturated heterocycles. The van der Waals surface area contributed by atoms with Crippen molar-refractivity contribution in [3.63, 3.8) is 0 Å². The van der Waals surface area contributed by atoms with Gasteiger partial charge >= 0.3 is 0 Å². The van der Waals surface area contributed by atoms with Crippen LogP contribution in [0.1, 0.15) is 11.1 Å². The maximum Gasteiger partial charge on any atom is 0.187 e. The second-order valence-corrected chi connectivity index (χ2v) is 5.85. The summed E-state index contributed by atoms with van der Waals surface area (Å²) in [6.07, 6.45) is 1.62. The van der Waals surface area contributed by atoms with Crippen LogP contribution in [0.5, 0.6) is 11.5 Å². The first kappa shape index (κ1) is 20.6. The summed E-state index contributed by atoms with van der Waals surface area (Å²) in [5.41, 5.74) is 4.40. The highest BCUT2D eigenvalue weighted by molar-refractivity contribution is 7.80. The molecule has 144 valence electrons. The van der Waals surface area contributed by atoms with Gasteiger partial charge in [0, 0.05) is 13.7 Å². The van der Waals surface area contributed by atoms with Crippen molar-refractivity contribution in [1.29, 1.82) is 0 Å². The number of rotatable bonds is 9. The Morgan fingerprint density at radius 2 is 1.93 bits per heavy atom. The Balaban J connectivity index is 1.91. The van der Waals surface area contributed by atoms with Crippen LogP contribution < -0.4 is 20.2 Å². The normalized spacial score (nSPS) is 10.6. The molecule has 0 fully saturated rings. The van der Waals surface area contributed by atoms with Gasteiger partial charge in [0.25, 0.3) is 0 Å². The number of halogens is 1. The van der Waals surface area contributed by atoms with E-state index < -0.39 is 0 Å². The number of benzene rings is 2. The van der Waals surface area contributed by atoms with Gasteiger partial charge in [-0.2, -0.15) is 5.10 Å². The van der Waals surface area contributed by atoms with Crippen LogP contribution in [0, 0.1) is 5.82 Å². The van der Waals surface area contributed by atoms with E-state index >= 15 is 0 Å². The zero-order valence-corrected chi connectivity index (χ0v) is 16.0. The molecule has 0 amide bonds. The molecule has 8 heteroatoms. The summed E-state index contributed by atoms with van der Waals surface area (Å²) in [7, 11) is 3.19. The van der Waals surface area contributed by atoms with Crippen LogP contribution in [-0.4, -0.2) is 38.7 Å². The first-order valence-electron chi connectivity index (χ1n) is 8.23. The van der Waals surface area contributed by atoms with E-state index in [0.717, 1.165) is 11.1 Å². The average molecular weight is 391 g/mol. The van der Waals surface area contributed by atoms with E-state index in [2.05, 4.69) is 15.8 Å². The van der Waals surface area contributed by atoms with Crippen molar-refractivity contribution in [2.75, 3.05) is 27.4 Å². The quantitative estimate of drug-likeness (QED) is 0.297. The maximum absolute atomic E-state index is 12.9. The van der Waals surface area contributed by atoms with Gasteiger partial charge in [0.2, 0.25) is 0 Å². The minimum atomic E-state index is -0.276. The summed E-state index contributed by atoms with van der Waals surface area (Å²) in [5.74, 6) is 0.882. The van der Waals surface area contributed by atoms with Crippen LogP contribution in [0.2, 0.25) is 0 Å². The van der Waals surface area contributed by atoms with Gasteiger partial charge in [-0.25, -0.2) is 4.39 Å². The number of nitrogens with zero attached hydrogens (tertiary/aromatic N) is 1. The van der Waals surface area contributed by atoms with E-state index in [1.165, 1.54) is 12.1 Å². The molecule has 2 aromatic rings. The van der Waals surface area contributed by atoms with Crippen molar-refractivity contribution >= 4 is 23.5 Å². The molecule has 2 rings (SSSR count). The van der Waals surface area contributed by atoms with Crippen LogP contribution in [0.25, 0.3) is 0 Å². The summed E-state index contributed by atoms with van der Waals surface area (Å²) in [6, 6.07) is 11.6. The Labute approximate surface area is 163 Å². The summed E-state index contributed by atoms with van der Waals surface area (Å²) in [4.78, 5) is 0. The molecule has 0 spiro atoms. The Hall–Kier alpha value is -2.71. The molecule has 0 unspecified atom stereocenters. The largest absolute Gasteiger partial charge is 0.493 e. The third-order valence-electron chi connectivity index (χ3n) is 3.47. The van der Waals surface area contributed by atoms with Gasteiger partial charge in [0.05, 0.1) is 19.9 Å². The molecular weight excluding hydrogens is 369 g/mol. The van der Waals surface area contributed by atoms with Crippen molar-refractivity contribution < 1.29 is 18.6 Å². The molecule has 0 atom stereocenters. The van der Waals surface area contributed by atoms with Crippen LogP contribution in [-0.2, 0) is 11.3 Å². The second kappa shape index (κ2) is 11.1. The van der Waals surface area contributed by atoms with Gasteiger partial charge in [-0.05, 0) is 53.7 Å². The second-order valence-electron chi connectivity index (χ2n) is 5.44. The van der Waals surface area contributed by atoms with Gasteiger partial charge in [0.1, 0.15) is 12.4 Å². The first-order valence-corrected chi connectivity index (χ1v) is 8.64. The van der Waals surface area contributed by atoms with E-state index in [4.69, 9.17) is 26.4 Å². The van der Waals surface area contributed by atoms with E-state index in [9.17, 15) is 4.39 Å². The van der Waals surface area contributed by atoms with E-state index in [0.29, 0.717) is 36.4 Å². The molecule has 0 radical (unpaired) electrons. The zero-order valence-electron chi connectivity index (χ0n) is 15.2. The molecule has 6 nitrogen and oxygen atoms in total. The Kier molecular flexibility index (Phi) is 8.47. The fourth-order valence-corrected chi connectivity index (χ4v) is 2.25. The van der Waals surface area contributed by atoms with Crippen molar-refractivity contribution in [1.82, 2.24) is 10.7 Å². The van der Waals surface area contributed by atoms with Crippen molar-refractivity contribution in [3.05, 3.63) is 59.4 Å². The van der Waals surface area contributed by atoms with E-state index in [1.807, 2.05) is 6.07 Å². The predicted molar refractivity (Wildman–Crippen MR) is 107 cm³/mol. The molecule has 0 aromatic heterocycles. The summed E-state index contributed by atoms with van der Waals surface area (Å²) >= 11 is 5.08. The lowest BCUT2D eigenvalue weighted by atomic mass is 10.2. The molecular formula is C19H22FN3O3S. The highest BCUT2D eigenvalue weighted by atomic mass is 32.1. The summed E-state index contributed by atoms with van der Waals surface area (Å²) in [6.45, 7) is 1.47. The minimum absolute atomic E-state index is 0.276. The van der Waals surface area contributed by atoms with E-state index in [1.54, 1.807) is 44.7 Å². The number of methoxy groups -OCH3 is 2. The number of nitrogens with one attached hydrogen (secondary N) is 2. The van der Waals surface area contributed by atoms with Crippen molar-refractivity contribution in [2.45, 2.75) is 6.61 Å². The molecule has 0 aliphatic carbocycles. The van der Waals surface area contributed by atoms with Crippen LogP contribution in [0.3, 0.4) is 0 Å². The lowest BCUT2D eigenvalue weighted by Crippen LogP contribution is -2.34. The number of hydrazone groups is 1. The Morgan fingerprint density at radius 1 is 1.15 bits per heavy atom. The molecule has 0 bridgehead atoms. The Bertz CT molecular complexity index is 769. The smallest absolute Gasteiger partial charge is 0.187 e. The van der Waals surface area contributed by atoms with Crippen molar-refractivity contribution in [2.24, 2.45) is 5.10 Å². The zero-order chi connectivity index (χ0) is 19.5. The molecule has 2 aromatic carbocycles. The van der Waals surface area contributed by atoms with Gasteiger partial charge in [-0.15, -0.1) is 0 Å². The lowest BCUT2D eigenvalue weighted by Gasteiger charge is -2.11. The molecule has 0 heterocycles. The number of ether oxygens (including phenoxy) is 3. The Morgan fingerprint density at radius 3 is 2.63 bits per heavy atom. The highest BCUT2D eigenvalue weighted by Crippen LogP contribution is 2.28. The van der Waals surface area contributed by atoms with Gasteiger partial charge in [-0.3, -0.25) is 5.43 Å². The summed E-state index contributed by atoms with van der Waals surface area (Å²) in [5, 5.41) is 7.44. The van der Waals surface area contributed by atoms with Crippen LogP contribution >= 0.6 is 12.2 Å². The number of thiocarbonyl (C=S) groups is 1. The van der Waals surface area contributed by atoms with Gasteiger partial charge < -0.3 is 19.5 Å². The topological polar surface area (TPSA) is 64.1 Å². The lowest BCUT2D eigenvalue weighted by molar-refractivity contribution is 0.204. The monoisotopic (exact) mass is 391 g/mol. The molecule has 0 aliphatic rings. The fraction of sp³-hybridized carbons (Fsp3) is 0.263. The average Bonchev–Trinajstić information content (AvgIpc) is 2.68. The summed E-state index contributed by atoms with van der Waals surface area (Å²) < 4.78 is 29.0. The van der Waals surface area contributed by atoms with Crippen LogP contribution in [0.15, 0.2) is 47.6 Å². The minimum Gasteiger partial charge on any atom is -0.493 e. The molecule has 2 N–H and O–H groups in total. The maximum atomic E-state index is 12.9. The molecule has 0 aliphatic heterocycles. The number of hydrogen-bond acceptors (Lipinski definition) is 5. The first-order chi connectivity index (χ1) is 13.1. The van der Waals surface area contributed by atoms with Gasteiger partial charge in [0.15, 0.2) is 16.6 Å². The van der Waals surface area contributed by atoms with Gasteiger partial charge in [-0.1, -0.05) is 12.1 Å². The number of hydrogen-bond donors (Lipinski definition) is 2. The third-order valence-corrected chi connectivity index (χ3v) is 3.70. The molecule has 27 heavy (non-hydrogen) atoms. The third kappa shape index (κ3) is 7.20. The standard InChI is InChI=1S/C19H22FN3O3S/c1-24-10-9-21-19(27)23-22-12-15-5-8-17(18(11-15)25-2)26-13-14-3-6-16(20)7-4-14/h3-8,11-12H,9-10,13H2,1-2H3,(H2,21,23,27)/b22-12-. The highest BCUT2D eigenvalue weighted by Gasteiger charge is 2.06. The fourth-order valence-electron chi connectivity index (χ4n) is 2.10. The van der Waals surface area contributed by atoms with Crippen LogP contribution in [0.4, 0.5) is 4.39 Å².